The molecule has 0 aliphatic rings. The quantitative estimate of drug-likeness (QED) is 0.200. The zero-order valence-electron chi connectivity index (χ0n) is 9.13. The highest BCUT2D eigenvalue weighted by Gasteiger charge is 2.01. The van der Waals surface area contributed by atoms with Gasteiger partial charge in [-0.3, -0.25) is 16.1 Å². The van der Waals surface area contributed by atoms with Gasteiger partial charge in [0, 0.05) is 19.8 Å². The molecule has 0 fully saturated rings. The van der Waals surface area contributed by atoms with Crippen molar-refractivity contribution in [3.05, 3.63) is 24.1 Å². The number of aliphatic hydroxyl groups is 1. The molecule has 0 aliphatic carbocycles. The van der Waals surface area contributed by atoms with Crippen molar-refractivity contribution in [1.29, 1.82) is 10.8 Å². The minimum absolute atomic E-state index is 0.00814. The van der Waals surface area contributed by atoms with E-state index in [0.29, 0.717) is 5.70 Å². The Balaban J connectivity index is 4.10. The van der Waals surface area contributed by atoms with Crippen molar-refractivity contribution in [1.82, 2.24) is 15.5 Å². The molecule has 6 nitrogen and oxygen atoms in total. The molecule has 0 bridgehead atoms. The van der Waals surface area contributed by atoms with E-state index in [9.17, 15) is 0 Å². The Morgan fingerprint density at radius 2 is 1.87 bits per heavy atom. The van der Waals surface area contributed by atoms with Crippen LogP contribution in [-0.2, 0) is 0 Å². The van der Waals surface area contributed by atoms with Crippen molar-refractivity contribution >= 4 is 11.9 Å². The highest BCUT2D eigenvalue weighted by atomic mass is 16.2. The smallest absolute Gasteiger partial charge is 0.199 e. The van der Waals surface area contributed by atoms with E-state index in [1.807, 2.05) is 0 Å². The highest BCUT2D eigenvalue weighted by molar-refractivity contribution is 5.96. The minimum Gasteiger partial charge on any atom is -0.516 e. The molecule has 0 unspecified atom stereocenters. The lowest BCUT2D eigenvalue weighted by Crippen LogP contribution is -2.44. The van der Waals surface area contributed by atoms with E-state index in [1.165, 1.54) is 6.08 Å². The summed E-state index contributed by atoms with van der Waals surface area (Å²) in [6, 6.07) is 0. The molecule has 0 aromatic carbocycles. The van der Waals surface area contributed by atoms with Gasteiger partial charge in [0.25, 0.3) is 0 Å². The van der Waals surface area contributed by atoms with Gasteiger partial charge in [0.2, 0.25) is 0 Å². The molecule has 5 N–H and O–H groups in total. The maximum atomic E-state index is 8.40. The summed E-state index contributed by atoms with van der Waals surface area (Å²) in [6.45, 7) is 1.75. The van der Waals surface area contributed by atoms with Crippen LogP contribution in [0, 0.1) is 10.8 Å². The van der Waals surface area contributed by atoms with E-state index in [1.54, 1.807) is 32.0 Å². The molecule has 0 radical (unpaired) electrons. The molecular weight excluding hydrogens is 194 g/mol. The van der Waals surface area contributed by atoms with Gasteiger partial charge in [-0.15, -0.1) is 0 Å². The standard InChI is InChI=1S/C9H17N5O/c1-7(5-4-6-15)12-8(10)13-9(11)14(2)3/h4-6,15H,1-3H3,(H4,10,11,12,13)/b6-4-,7-5+. The van der Waals surface area contributed by atoms with Crippen molar-refractivity contribution in [3.8, 4) is 0 Å². The monoisotopic (exact) mass is 211 g/mol. The van der Waals surface area contributed by atoms with Crippen LogP contribution in [0.1, 0.15) is 6.92 Å². The van der Waals surface area contributed by atoms with Crippen molar-refractivity contribution in [2.24, 2.45) is 0 Å². The first kappa shape index (κ1) is 13.0. The fourth-order valence-electron chi connectivity index (χ4n) is 0.688. The van der Waals surface area contributed by atoms with Gasteiger partial charge < -0.3 is 15.3 Å². The predicted molar refractivity (Wildman–Crippen MR) is 60.9 cm³/mol. The Bertz CT molecular complexity index is 293. The van der Waals surface area contributed by atoms with Crippen LogP contribution in [0.15, 0.2) is 24.1 Å². The summed E-state index contributed by atoms with van der Waals surface area (Å²) < 4.78 is 0. The second kappa shape index (κ2) is 6.47. The molecule has 0 amide bonds. The summed E-state index contributed by atoms with van der Waals surface area (Å²) in [5, 5.41) is 28.5. The van der Waals surface area contributed by atoms with E-state index in [-0.39, 0.29) is 11.9 Å². The van der Waals surface area contributed by atoms with E-state index in [4.69, 9.17) is 15.9 Å². The van der Waals surface area contributed by atoms with Gasteiger partial charge in [-0.25, -0.2) is 0 Å². The van der Waals surface area contributed by atoms with E-state index in [0.717, 1.165) is 6.26 Å². The van der Waals surface area contributed by atoms with Gasteiger partial charge in [-0.1, -0.05) is 0 Å². The number of guanidine groups is 2. The molecule has 0 saturated carbocycles. The molecule has 0 rings (SSSR count). The molecule has 0 spiro atoms. The van der Waals surface area contributed by atoms with E-state index < -0.39 is 0 Å². The lowest BCUT2D eigenvalue weighted by atomic mass is 10.4. The van der Waals surface area contributed by atoms with E-state index >= 15 is 0 Å². The number of aliphatic hydroxyl groups excluding tert-OH is 1. The first-order valence-electron chi connectivity index (χ1n) is 4.33. The number of rotatable bonds is 2. The predicted octanol–water partition coefficient (Wildman–Crippen LogP) is 0.572. The Kier molecular flexibility index (Phi) is 5.62. The number of hydrogen-bond donors (Lipinski definition) is 5. The maximum absolute atomic E-state index is 8.40. The van der Waals surface area contributed by atoms with Crippen LogP contribution in [0.5, 0.6) is 0 Å². The zero-order valence-corrected chi connectivity index (χ0v) is 9.13. The molecular formula is C9H17N5O. The van der Waals surface area contributed by atoms with Crippen LogP contribution in [0.4, 0.5) is 0 Å². The lowest BCUT2D eigenvalue weighted by molar-refractivity contribution is 0.473. The van der Waals surface area contributed by atoms with Crippen LogP contribution in [0.2, 0.25) is 0 Å². The number of nitrogens with one attached hydrogen (secondary N) is 4. The number of nitrogens with zero attached hydrogens (tertiary/aromatic N) is 1. The van der Waals surface area contributed by atoms with Crippen molar-refractivity contribution in [2.75, 3.05) is 14.1 Å². The van der Waals surface area contributed by atoms with E-state index in [2.05, 4.69) is 10.6 Å². The first-order chi connectivity index (χ1) is 6.97. The zero-order chi connectivity index (χ0) is 11.8. The summed E-state index contributed by atoms with van der Waals surface area (Å²) >= 11 is 0. The Hall–Kier alpha value is -1.98. The maximum Gasteiger partial charge on any atom is 0.199 e. The van der Waals surface area contributed by atoms with Gasteiger partial charge in [0.05, 0.1) is 6.26 Å². The second-order valence-corrected chi connectivity index (χ2v) is 3.06. The minimum atomic E-state index is 0.00814. The van der Waals surface area contributed by atoms with Gasteiger partial charge in [0.1, 0.15) is 0 Å². The fraction of sp³-hybridized carbons (Fsp3) is 0.333. The Labute approximate surface area is 89.3 Å². The molecule has 84 valence electrons. The summed E-state index contributed by atoms with van der Waals surface area (Å²) in [7, 11) is 3.42. The molecule has 0 atom stereocenters. The normalized spacial score (nSPS) is 11.3. The third-order valence-electron chi connectivity index (χ3n) is 1.45. The Morgan fingerprint density at radius 1 is 1.27 bits per heavy atom. The van der Waals surface area contributed by atoms with Crippen LogP contribution in [-0.4, -0.2) is 36.0 Å². The summed E-state index contributed by atoms with van der Waals surface area (Å²) in [6.07, 6.45) is 3.95. The molecule has 0 saturated heterocycles. The summed E-state index contributed by atoms with van der Waals surface area (Å²) in [5.41, 5.74) is 0.685. The van der Waals surface area contributed by atoms with Gasteiger partial charge >= 0.3 is 0 Å². The third-order valence-corrected chi connectivity index (χ3v) is 1.45. The largest absolute Gasteiger partial charge is 0.516 e. The van der Waals surface area contributed by atoms with Gasteiger partial charge in [0.15, 0.2) is 11.9 Å². The summed E-state index contributed by atoms with van der Waals surface area (Å²) in [4.78, 5) is 1.54. The lowest BCUT2D eigenvalue weighted by Gasteiger charge is -2.16. The highest BCUT2D eigenvalue weighted by Crippen LogP contribution is 1.86. The molecule has 0 aliphatic heterocycles. The average molecular weight is 211 g/mol. The van der Waals surface area contributed by atoms with Crippen LogP contribution in [0.3, 0.4) is 0 Å². The van der Waals surface area contributed by atoms with Crippen LogP contribution in [0.25, 0.3) is 0 Å². The topological polar surface area (TPSA) is 95.2 Å². The summed E-state index contributed by atoms with van der Waals surface area (Å²) in [5.74, 6) is 0.131. The van der Waals surface area contributed by atoms with Crippen molar-refractivity contribution in [3.63, 3.8) is 0 Å². The first-order valence-corrected chi connectivity index (χ1v) is 4.33. The molecule has 0 aromatic rings. The van der Waals surface area contributed by atoms with Crippen molar-refractivity contribution < 1.29 is 5.11 Å². The number of allylic oxidation sites excluding steroid dienone is 3. The van der Waals surface area contributed by atoms with Crippen LogP contribution < -0.4 is 10.6 Å². The average Bonchev–Trinajstić information content (AvgIpc) is 2.14. The fourth-order valence-corrected chi connectivity index (χ4v) is 0.688. The SMILES string of the molecule is C/C(=C\C=C/O)NC(=N)NC(=N)N(C)C. The van der Waals surface area contributed by atoms with Crippen LogP contribution >= 0.6 is 0 Å². The van der Waals surface area contributed by atoms with Crippen molar-refractivity contribution in [2.45, 2.75) is 6.92 Å². The number of hydrogen-bond acceptors (Lipinski definition) is 3. The van der Waals surface area contributed by atoms with Gasteiger partial charge in [-0.2, -0.15) is 0 Å². The molecule has 6 heteroatoms. The Morgan fingerprint density at radius 3 is 2.33 bits per heavy atom. The molecule has 0 aromatic heterocycles. The second-order valence-electron chi connectivity index (χ2n) is 3.06. The molecule has 15 heavy (non-hydrogen) atoms. The third kappa shape index (κ3) is 6.14. The van der Waals surface area contributed by atoms with Gasteiger partial charge in [-0.05, 0) is 19.1 Å². The molecule has 0 heterocycles.